The minimum atomic E-state index is -0.0923. The van der Waals surface area contributed by atoms with Gasteiger partial charge in [-0.2, -0.15) is 0 Å². The highest BCUT2D eigenvalue weighted by atomic mass is 16.4. The van der Waals surface area contributed by atoms with Gasteiger partial charge < -0.3 is 8.83 Å². The summed E-state index contributed by atoms with van der Waals surface area (Å²) < 4.78 is 13.0. The van der Waals surface area contributed by atoms with Crippen molar-refractivity contribution in [2.24, 2.45) is 0 Å². The fourth-order valence-corrected chi connectivity index (χ4v) is 15.9. The molecule has 0 saturated heterocycles. The zero-order chi connectivity index (χ0) is 64.0. The van der Waals surface area contributed by atoms with Crippen LogP contribution in [0.3, 0.4) is 0 Å². The topological polar surface area (TPSA) is 52.1 Å². The molecular formula is C92H62N2O2. The lowest BCUT2D eigenvalue weighted by Gasteiger charge is -2.23. The highest BCUT2D eigenvalue weighted by Gasteiger charge is 2.38. The molecule has 0 spiro atoms. The van der Waals surface area contributed by atoms with Crippen LogP contribution in [0.15, 0.2) is 312 Å². The van der Waals surface area contributed by atoms with Gasteiger partial charge >= 0.3 is 0 Å². The molecule has 2 aromatic heterocycles. The van der Waals surface area contributed by atoms with Gasteiger partial charge in [-0.3, -0.25) is 0 Å². The number of fused-ring (bicyclic) bond motifs is 19. The van der Waals surface area contributed by atoms with Crippen molar-refractivity contribution in [1.29, 1.82) is 0 Å². The van der Waals surface area contributed by atoms with E-state index >= 15 is 0 Å². The molecular weight excluding hydrogens is 1170 g/mol. The maximum Gasteiger partial charge on any atom is 0.227 e. The molecule has 96 heavy (non-hydrogen) atoms. The fraction of sp³-hybridized carbons (Fsp3) is 0.0652. The van der Waals surface area contributed by atoms with Crippen molar-refractivity contribution in [2.75, 3.05) is 0 Å². The van der Waals surface area contributed by atoms with E-state index in [1.165, 1.54) is 132 Å². The summed E-state index contributed by atoms with van der Waals surface area (Å²) in [6.07, 6.45) is 0. The van der Waals surface area contributed by atoms with E-state index in [-0.39, 0.29) is 10.8 Å². The number of hydrogen-bond donors (Lipinski definition) is 0. The van der Waals surface area contributed by atoms with E-state index in [1.54, 1.807) is 0 Å². The highest BCUT2D eigenvalue weighted by Crippen LogP contribution is 2.54. The van der Waals surface area contributed by atoms with Crippen molar-refractivity contribution < 1.29 is 8.83 Å². The summed E-state index contributed by atoms with van der Waals surface area (Å²) in [5, 5.41) is 14.4. The standard InChI is InChI=1S/2C46H31NO/c1-46(2)40-27-35(20-22-37(40)38-23-19-28-9-6-7-14-36(28)43(38)46)33-13-8-12-32(25-33)34-18-16-29-15-17-30-21-24-41-44(42(30)39(29)26-34)48-45(47-41)31-10-4-3-5-11-31;1-46(2)40-27-36(19-21-37(40)39-25-33-11-6-7-12-34(33)26-41(39)46)32-14-8-13-31(23-32)35-18-16-28-15-17-29-20-22-42-44(43(29)38(28)24-35)48-45(47-42)30-9-4-3-5-10-30/h2*3-27H,1-2H3. The largest absolute Gasteiger partial charge is 0.435 e. The maximum atomic E-state index is 6.49. The van der Waals surface area contributed by atoms with Crippen LogP contribution < -0.4 is 0 Å². The van der Waals surface area contributed by atoms with Gasteiger partial charge in [-0.1, -0.05) is 246 Å². The number of hydrogen-bond acceptors (Lipinski definition) is 4. The molecule has 0 radical (unpaired) electrons. The normalized spacial score (nSPS) is 13.4. The third kappa shape index (κ3) is 8.82. The third-order valence-electron chi connectivity index (χ3n) is 20.9. The van der Waals surface area contributed by atoms with Crippen LogP contribution >= 0.6 is 0 Å². The van der Waals surface area contributed by atoms with Crippen LogP contribution in [0.4, 0.5) is 0 Å². The monoisotopic (exact) mass is 1230 g/mol. The average molecular weight is 1230 g/mol. The third-order valence-corrected chi connectivity index (χ3v) is 20.9. The van der Waals surface area contributed by atoms with Gasteiger partial charge in [-0.05, 0) is 228 Å². The molecule has 18 aromatic rings. The SMILES string of the molecule is CC1(C)c2cc(-c3cccc(-c4ccc5ccc6ccc7nc(-c8ccccc8)oc7c6c5c4)c3)ccc2-c2cc3ccccc3cc21.CC1(C)c2cc(-c3cccc(-c4ccc5ccc6ccc7nc(-c8ccccc8)oc7c6c5c4)c3)ccc2-c2ccc3ccccc3c21. The summed E-state index contributed by atoms with van der Waals surface area (Å²) in [6, 6.07) is 110. The van der Waals surface area contributed by atoms with Crippen molar-refractivity contribution in [2.45, 2.75) is 38.5 Å². The van der Waals surface area contributed by atoms with E-state index in [0.29, 0.717) is 11.8 Å². The summed E-state index contributed by atoms with van der Waals surface area (Å²) in [7, 11) is 0. The molecule has 2 aliphatic rings. The van der Waals surface area contributed by atoms with Crippen LogP contribution in [0.25, 0.3) is 177 Å². The minimum absolute atomic E-state index is 0.0753. The Morgan fingerprint density at radius 3 is 1.15 bits per heavy atom. The van der Waals surface area contributed by atoms with E-state index in [1.807, 2.05) is 60.7 Å². The molecule has 16 aromatic carbocycles. The van der Waals surface area contributed by atoms with Gasteiger partial charge in [0.1, 0.15) is 11.0 Å². The first kappa shape index (κ1) is 55.6. The zero-order valence-corrected chi connectivity index (χ0v) is 53.6. The second kappa shape index (κ2) is 21.3. The smallest absolute Gasteiger partial charge is 0.227 e. The quantitative estimate of drug-likeness (QED) is 0.156. The number of aromatic nitrogens is 2. The predicted molar refractivity (Wildman–Crippen MR) is 401 cm³/mol. The Morgan fingerprint density at radius 2 is 0.604 bits per heavy atom. The van der Waals surface area contributed by atoms with Crippen LogP contribution in [-0.4, -0.2) is 9.97 Å². The van der Waals surface area contributed by atoms with E-state index in [4.69, 9.17) is 18.8 Å². The Morgan fingerprint density at radius 1 is 0.240 bits per heavy atom. The lowest BCUT2D eigenvalue weighted by molar-refractivity contribution is 0.623. The molecule has 0 atom stereocenters. The van der Waals surface area contributed by atoms with Crippen LogP contribution in [-0.2, 0) is 10.8 Å². The van der Waals surface area contributed by atoms with E-state index in [2.05, 4.69) is 270 Å². The molecule has 0 amide bonds. The summed E-state index contributed by atoms with van der Waals surface area (Å²) in [4.78, 5) is 9.72. The van der Waals surface area contributed by atoms with Crippen LogP contribution in [0.2, 0.25) is 0 Å². The van der Waals surface area contributed by atoms with Crippen LogP contribution in [0.5, 0.6) is 0 Å². The van der Waals surface area contributed by atoms with Crippen LogP contribution in [0, 0.1) is 0 Å². The van der Waals surface area contributed by atoms with Crippen molar-refractivity contribution in [3.05, 3.63) is 326 Å². The highest BCUT2D eigenvalue weighted by molar-refractivity contribution is 6.20. The van der Waals surface area contributed by atoms with Crippen molar-refractivity contribution >= 4 is 86.8 Å². The van der Waals surface area contributed by atoms with Gasteiger partial charge in [0.15, 0.2) is 11.2 Å². The van der Waals surface area contributed by atoms with E-state index in [9.17, 15) is 0 Å². The molecule has 4 nitrogen and oxygen atoms in total. The molecule has 452 valence electrons. The van der Waals surface area contributed by atoms with Gasteiger partial charge in [0.25, 0.3) is 0 Å². The van der Waals surface area contributed by atoms with Gasteiger partial charge in [0.2, 0.25) is 11.8 Å². The number of oxazole rings is 2. The first-order chi connectivity index (χ1) is 47.0. The van der Waals surface area contributed by atoms with Gasteiger partial charge in [0.05, 0.1) is 0 Å². The Labute approximate surface area is 556 Å². The van der Waals surface area contributed by atoms with Gasteiger partial charge in [-0.25, -0.2) is 9.97 Å². The number of benzene rings is 16. The van der Waals surface area contributed by atoms with Crippen molar-refractivity contribution in [3.63, 3.8) is 0 Å². The molecule has 2 heterocycles. The minimum Gasteiger partial charge on any atom is -0.435 e. The predicted octanol–water partition coefficient (Wildman–Crippen LogP) is 25.2. The number of nitrogens with zero attached hydrogens (tertiary/aromatic N) is 2. The Bertz CT molecular complexity index is 6250. The molecule has 0 fully saturated rings. The second-order valence-corrected chi connectivity index (χ2v) is 27.2. The van der Waals surface area contributed by atoms with Gasteiger partial charge in [0, 0.05) is 32.7 Å². The molecule has 20 rings (SSSR count). The first-order valence-corrected chi connectivity index (χ1v) is 33.2. The van der Waals surface area contributed by atoms with Crippen molar-refractivity contribution in [3.8, 4) is 89.7 Å². The Kier molecular flexibility index (Phi) is 12.3. The van der Waals surface area contributed by atoms with Crippen molar-refractivity contribution in [1.82, 2.24) is 9.97 Å². The van der Waals surface area contributed by atoms with E-state index in [0.717, 1.165) is 54.9 Å². The summed E-state index contributed by atoms with van der Waals surface area (Å²) in [5.41, 5.74) is 25.9. The Hall–Kier alpha value is -12.0. The molecule has 0 saturated carbocycles. The summed E-state index contributed by atoms with van der Waals surface area (Å²) >= 11 is 0. The zero-order valence-electron chi connectivity index (χ0n) is 53.6. The van der Waals surface area contributed by atoms with Crippen LogP contribution in [0.1, 0.15) is 49.9 Å². The summed E-state index contributed by atoms with van der Waals surface area (Å²) in [6.45, 7) is 9.47. The molecule has 4 heteroatoms. The van der Waals surface area contributed by atoms with Gasteiger partial charge in [-0.15, -0.1) is 0 Å². The second-order valence-electron chi connectivity index (χ2n) is 27.2. The lowest BCUT2D eigenvalue weighted by Crippen LogP contribution is -2.15. The fourth-order valence-electron chi connectivity index (χ4n) is 15.9. The summed E-state index contributed by atoms with van der Waals surface area (Å²) in [5.74, 6) is 1.29. The average Bonchev–Trinajstić information content (AvgIpc) is 1.56. The maximum absolute atomic E-state index is 6.49. The number of rotatable bonds is 6. The molecule has 0 unspecified atom stereocenters. The van der Waals surface area contributed by atoms with E-state index < -0.39 is 0 Å². The first-order valence-electron chi connectivity index (χ1n) is 33.2. The Balaban J connectivity index is 0.000000135. The lowest BCUT2D eigenvalue weighted by atomic mass is 9.79. The molecule has 0 bridgehead atoms. The molecule has 0 N–H and O–H groups in total. The molecule has 0 aliphatic heterocycles. The molecule has 2 aliphatic carbocycles.